The van der Waals surface area contributed by atoms with Crippen molar-refractivity contribution >= 4 is 0 Å². The Hall–Kier alpha value is -1.00. The van der Waals surface area contributed by atoms with E-state index in [2.05, 4.69) is 43.5 Å². The van der Waals surface area contributed by atoms with Gasteiger partial charge in [-0.2, -0.15) is 0 Å². The second-order valence-corrected chi connectivity index (χ2v) is 2.60. The smallest absolute Gasteiger partial charge is 0.0240 e. The molecule has 0 amide bonds. The maximum atomic E-state index is 3.51. The van der Waals surface area contributed by atoms with Gasteiger partial charge in [0, 0.05) is 0 Å². The van der Waals surface area contributed by atoms with Crippen molar-refractivity contribution in [3.63, 3.8) is 0 Å². The minimum Gasteiger partial charge on any atom is -0.133 e. The van der Waals surface area contributed by atoms with E-state index in [1.54, 1.807) is 0 Å². The zero-order valence-corrected chi connectivity index (χ0v) is 7.92. The fourth-order valence-electron chi connectivity index (χ4n) is 0.876. The Bertz CT molecular complexity index is 178. The molecule has 0 bridgehead atoms. The van der Waals surface area contributed by atoms with Crippen molar-refractivity contribution in [2.45, 2.75) is 32.6 Å². The highest BCUT2D eigenvalue weighted by molar-refractivity contribution is 4.88. The topological polar surface area (TPSA) is 0 Å². The maximum absolute atomic E-state index is 3.51. The van der Waals surface area contributed by atoms with Crippen molar-refractivity contribution in [3.05, 3.63) is 42.7 Å². The van der Waals surface area contributed by atoms with Gasteiger partial charge in [0.15, 0.2) is 0 Å². The molecule has 0 fully saturated rings. The van der Waals surface area contributed by atoms with Crippen LogP contribution < -0.4 is 0 Å². The van der Waals surface area contributed by atoms with Crippen LogP contribution in [0.3, 0.4) is 0 Å². The fourth-order valence-corrected chi connectivity index (χ4v) is 0.876. The van der Waals surface area contributed by atoms with Gasteiger partial charge in [0.25, 0.3) is 0 Å². The predicted molar refractivity (Wildman–Crippen MR) is 56.1 cm³/mol. The van der Waals surface area contributed by atoms with Gasteiger partial charge in [0.05, 0.1) is 0 Å². The lowest BCUT2D eigenvalue weighted by atomic mass is 10.2. The SMILES string of the molecule is C=C=CCCC=CCCC=CC. The van der Waals surface area contributed by atoms with Crippen LogP contribution in [0.1, 0.15) is 32.6 Å². The van der Waals surface area contributed by atoms with Gasteiger partial charge in [-0.05, 0) is 38.7 Å². The molecule has 0 rings (SSSR count). The zero-order chi connectivity index (χ0) is 9.07. The maximum Gasteiger partial charge on any atom is -0.0240 e. The van der Waals surface area contributed by atoms with Crippen molar-refractivity contribution in [2.24, 2.45) is 0 Å². The highest BCUT2D eigenvalue weighted by Crippen LogP contribution is 1.96. The van der Waals surface area contributed by atoms with Crippen LogP contribution in [0.2, 0.25) is 0 Å². The molecular formula is C12H18. The van der Waals surface area contributed by atoms with Crippen LogP contribution in [0, 0.1) is 0 Å². The molecule has 0 N–H and O–H groups in total. The third-order valence-corrected chi connectivity index (χ3v) is 1.52. The molecular weight excluding hydrogens is 144 g/mol. The van der Waals surface area contributed by atoms with Crippen LogP contribution in [0.15, 0.2) is 42.7 Å². The quantitative estimate of drug-likeness (QED) is 0.314. The highest BCUT2D eigenvalue weighted by atomic mass is 13.8. The summed E-state index contributed by atoms with van der Waals surface area (Å²) < 4.78 is 0. The molecule has 0 radical (unpaired) electrons. The molecule has 0 atom stereocenters. The van der Waals surface area contributed by atoms with Crippen LogP contribution in [0.25, 0.3) is 0 Å². The zero-order valence-electron chi connectivity index (χ0n) is 7.92. The standard InChI is InChI=1S/C12H18/c1-3-5-7-9-11-12-10-8-6-4-2/h4-6,11-12H,1,7-10H2,2H3. The largest absolute Gasteiger partial charge is 0.133 e. The second-order valence-electron chi connectivity index (χ2n) is 2.60. The summed E-state index contributed by atoms with van der Waals surface area (Å²) in [6, 6.07) is 0. The van der Waals surface area contributed by atoms with Gasteiger partial charge < -0.3 is 0 Å². The Balaban J connectivity index is 3.19. The molecule has 0 spiro atoms. The molecule has 0 saturated carbocycles. The van der Waals surface area contributed by atoms with Crippen molar-refractivity contribution in [1.82, 2.24) is 0 Å². The van der Waals surface area contributed by atoms with Crippen molar-refractivity contribution < 1.29 is 0 Å². The Kier molecular flexibility index (Phi) is 9.17. The van der Waals surface area contributed by atoms with E-state index < -0.39 is 0 Å². The summed E-state index contributed by atoms with van der Waals surface area (Å²) in [4.78, 5) is 0. The van der Waals surface area contributed by atoms with E-state index >= 15 is 0 Å². The van der Waals surface area contributed by atoms with Gasteiger partial charge in [0.2, 0.25) is 0 Å². The molecule has 12 heavy (non-hydrogen) atoms. The van der Waals surface area contributed by atoms with E-state index in [0.29, 0.717) is 0 Å². The van der Waals surface area contributed by atoms with Gasteiger partial charge >= 0.3 is 0 Å². The molecule has 0 aliphatic rings. The summed E-state index contributed by atoms with van der Waals surface area (Å²) in [7, 11) is 0. The summed E-state index contributed by atoms with van der Waals surface area (Å²) in [5, 5.41) is 0. The fraction of sp³-hybridized carbons (Fsp3) is 0.417. The Labute approximate surface area is 76.0 Å². The molecule has 0 heteroatoms. The number of hydrogen-bond acceptors (Lipinski definition) is 0. The van der Waals surface area contributed by atoms with Crippen LogP contribution in [0.4, 0.5) is 0 Å². The lowest BCUT2D eigenvalue weighted by molar-refractivity contribution is 1.00. The number of allylic oxidation sites excluding steroid dienone is 5. The van der Waals surface area contributed by atoms with E-state index in [-0.39, 0.29) is 0 Å². The molecule has 0 nitrogen and oxygen atoms in total. The van der Waals surface area contributed by atoms with Crippen molar-refractivity contribution in [3.8, 4) is 0 Å². The summed E-state index contributed by atoms with van der Waals surface area (Å²) in [5.41, 5.74) is 2.76. The Morgan fingerprint density at radius 3 is 2.17 bits per heavy atom. The van der Waals surface area contributed by atoms with E-state index in [0.717, 1.165) is 25.7 Å². The van der Waals surface area contributed by atoms with Crippen molar-refractivity contribution in [2.75, 3.05) is 0 Å². The molecule has 0 aromatic carbocycles. The minimum atomic E-state index is 1.06. The average Bonchev–Trinajstić information content (AvgIpc) is 2.10. The van der Waals surface area contributed by atoms with Gasteiger partial charge in [-0.3, -0.25) is 0 Å². The summed E-state index contributed by atoms with van der Waals surface area (Å²) in [5.74, 6) is 0. The van der Waals surface area contributed by atoms with Crippen LogP contribution in [-0.4, -0.2) is 0 Å². The first-order valence-electron chi connectivity index (χ1n) is 4.52. The lowest BCUT2D eigenvalue weighted by Gasteiger charge is -1.86. The second kappa shape index (κ2) is 10.0. The van der Waals surface area contributed by atoms with Gasteiger partial charge in [-0.1, -0.05) is 30.9 Å². The number of hydrogen-bond donors (Lipinski definition) is 0. The first-order valence-corrected chi connectivity index (χ1v) is 4.52. The number of unbranched alkanes of at least 4 members (excludes halogenated alkanes) is 2. The summed E-state index contributed by atoms with van der Waals surface area (Å²) >= 11 is 0. The number of rotatable bonds is 6. The van der Waals surface area contributed by atoms with Crippen molar-refractivity contribution in [1.29, 1.82) is 0 Å². The third kappa shape index (κ3) is 9.00. The van der Waals surface area contributed by atoms with Crippen LogP contribution in [0.5, 0.6) is 0 Å². The van der Waals surface area contributed by atoms with E-state index in [4.69, 9.17) is 0 Å². The molecule has 66 valence electrons. The molecule has 0 aliphatic carbocycles. The first kappa shape index (κ1) is 11.0. The third-order valence-electron chi connectivity index (χ3n) is 1.52. The monoisotopic (exact) mass is 162 g/mol. The summed E-state index contributed by atoms with van der Waals surface area (Å²) in [6.07, 6.45) is 15.2. The Morgan fingerprint density at radius 2 is 1.58 bits per heavy atom. The van der Waals surface area contributed by atoms with Gasteiger partial charge in [-0.15, -0.1) is 5.73 Å². The molecule has 0 aromatic heterocycles. The van der Waals surface area contributed by atoms with Crippen LogP contribution in [-0.2, 0) is 0 Å². The molecule has 0 aromatic rings. The normalized spacial score (nSPS) is 10.8. The molecule has 0 aliphatic heterocycles. The predicted octanol–water partition coefficient (Wildman–Crippen LogP) is 4.02. The van der Waals surface area contributed by atoms with E-state index in [1.807, 2.05) is 6.08 Å². The molecule has 0 saturated heterocycles. The van der Waals surface area contributed by atoms with Gasteiger partial charge in [-0.25, -0.2) is 0 Å². The Morgan fingerprint density at radius 1 is 1.00 bits per heavy atom. The molecule has 0 unspecified atom stereocenters. The lowest BCUT2D eigenvalue weighted by Crippen LogP contribution is -1.66. The van der Waals surface area contributed by atoms with Crippen LogP contribution >= 0.6 is 0 Å². The summed E-state index contributed by atoms with van der Waals surface area (Å²) in [6.45, 7) is 5.56. The first-order chi connectivity index (χ1) is 5.91. The van der Waals surface area contributed by atoms with E-state index in [1.165, 1.54) is 0 Å². The molecule has 0 heterocycles. The highest BCUT2D eigenvalue weighted by Gasteiger charge is 1.76. The van der Waals surface area contributed by atoms with E-state index in [9.17, 15) is 0 Å². The minimum absolute atomic E-state index is 1.06. The average molecular weight is 162 g/mol. The van der Waals surface area contributed by atoms with Gasteiger partial charge in [0.1, 0.15) is 0 Å².